The summed E-state index contributed by atoms with van der Waals surface area (Å²) in [6.45, 7) is 7.97. The highest BCUT2D eigenvalue weighted by molar-refractivity contribution is 7.09. The number of benzene rings is 1. The Bertz CT molecular complexity index is 905. The number of amides is 1. The number of carbonyl (C=O) groups excluding carboxylic acids is 1. The van der Waals surface area contributed by atoms with E-state index < -0.39 is 0 Å². The van der Waals surface area contributed by atoms with E-state index in [-0.39, 0.29) is 17.4 Å². The summed E-state index contributed by atoms with van der Waals surface area (Å²) < 4.78 is 13.3. The number of thiazole rings is 1. The van der Waals surface area contributed by atoms with Crippen molar-refractivity contribution in [3.63, 3.8) is 0 Å². The number of aromatic nitrogens is 1. The third kappa shape index (κ3) is 5.04. The van der Waals surface area contributed by atoms with Crippen molar-refractivity contribution in [2.75, 3.05) is 13.7 Å². The summed E-state index contributed by atoms with van der Waals surface area (Å²) in [5.41, 5.74) is 0.339. The van der Waals surface area contributed by atoms with Gasteiger partial charge in [-0.05, 0) is 42.9 Å². The Hall–Kier alpha value is -1.63. The van der Waals surface area contributed by atoms with Crippen molar-refractivity contribution >= 4 is 28.8 Å². The van der Waals surface area contributed by atoms with Crippen molar-refractivity contribution in [1.29, 1.82) is 0 Å². The number of halogens is 1. The van der Waals surface area contributed by atoms with E-state index >= 15 is 0 Å². The van der Waals surface area contributed by atoms with E-state index in [4.69, 9.17) is 21.1 Å². The molecule has 1 aliphatic heterocycles. The highest BCUT2D eigenvalue weighted by Gasteiger charge is 2.21. The smallest absolute Gasteiger partial charge is 0.283 e. The summed E-state index contributed by atoms with van der Waals surface area (Å²) in [5, 5.41) is 0.476. The first kappa shape index (κ1) is 21.1. The summed E-state index contributed by atoms with van der Waals surface area (Å²) in [7, 11) is 1.53. The molecule has 1 aromatic heterocycles. The Morgan fingerprint density at radius 3 is 2.82 bits per heavy atom. The Labute approximate surface area is 175 Å². The Balaban J connectivity index is 2.00. The first-order valence-electron chi connectivity index (χ1n) is 9.53. The van der Waals surface area contributed by atoms with Gasteiger partial charge in [0.25, 0.3) is 5.91 Å². The molecule has 28 heavy (non-hydrogen) atoms. The first-order chi connectivity index (χ1) is 13.3. The molecule has 5 nitrogen and oxygen atoms in total. The molecule has 2 heterocycles. The summed E-state index contributed by atoms with van der Waals surface area (Å²) >= 11 is 7.62. The van der Waals surface area contributed by atoms with Crippen LogP contribution in [0.4, 0.5) is 0 Å². The molecule has 1 saturated heterocycles. The third-order valence-electron chi connectivity index (χ3n) is 4.72. The van der Waals surface area contributed by atoms with Gasteiger partial charge in [-0.2, -0.15) is 4.99 Å². The van der Waals surface area contributed by atoms with Gasteiger partial charge in [-0.1, -0.05) is 32.4 Å². The third-order valence-corrected chi connectivity index (χ3v) is 6.40. The van der Waals surface area contributed by atoms with E-state index in [0.29, 0.717) is 27.7 Å². The fourth-order valence-electron chi connectivity index (χ4n) is 3.11. The lowest BCUT2D eigenvalue weighted by atomic mass is 9.95. The maximum absolute atomic E-state index is 12.9. The van der Waals surface area contributed by atoms with Crippen LogP contribution < -0.4 is 9.54 Å². The molecule has 0 spiro atoms. The molecule has 0 N–H and O–H groups in total. The quantitative estimate of drug-likeness (QED) is 0.709. The molecule has 0 aliphatic carbocycles. The highest BCUT2D eigenvalue weighted by Crippen LogP contribution is 2.26. The molecule has 1 aliphatic rings. The van der Waals surface area contributed by atoms with Crippen molar-refractivity contribution in [1.82, 2.24) is 4.57 Å². The van der Waals surface area contributed by atoms with Gasteiger partial charge in [0.05, 0.1) is 25.3 Å². The molecule has 1 amide bonds. The lowest BCUT2D eigenvalue weighted by molar-refractivity contribution is 0.00551. The van der Waals surface area contributed by atoms with Crippen LogP contribution in [0.2, 0.25) is 5.02 Å². The molecule has 1 atom stereocenters. The van der Waals surface area contributed by atoms with E-state index in [9.17, 15) is 4.79 Å². The van der Waals surface area contributed by atoms with Crippen molar-refractivity contribution in [2.45, 2.75) is 58.1 Å². The predicted molar refractivity (Wildman–Crippen MR) is 112 cm³/mol. The summed E-state index contributed by atoms with van der Waals surface area (Å²) in [6, 6.07) is 4.98. The number of hydrogen-bond acceptors (Lipinski definition) is 4. The zero-order chi connectivity index (χ0) is 20.3. The monoisotopic (exact) mass is 422 g/mol. The topological polar surface area (TPSA) is 52.8 Å². The molecule has 1 aromatic carbocycles. The second kappa shape index (κ2) is 8.80. The second-order valence-electron chi connectivity index (χ2n) is 8.03. The zero-order valence-electron chi connectivity index (χ0n) is 16.8. The summed E-state index contributed by atoms with van der Waals surface area (Å²) in [6.07, 6.45) is 5.58. The van der Waals surface area contributed by atoms with Crippen LogP contribution in [0.25, 0.3) is 0 Å². The molecular weight excluding hydrogens is 396 g/mol. The zero-order valence-corrected chi connectivity index (χ0v) is 18.4. The SMILES string of the molecule is COc1ccc(Cl)cc1C(=O)/N=c1\sc(C(C)(C)C)cn1CC1CCCCO1. The van der Waals surface area contributed by atoms with Crippen LogP contribution in [-0.4, -0.2) is 30.3 Å². The molecule has 0 saturated carbocycles. The Morgan fingerprint density at radius 1 is 1.39 bits per heavy atom. The molecule has 0 bridgehead atoms. The molecular formula is C21H27ClN2O3S. The van der Waals surface area contributed by atoms with Crippen molar-refractivity contribution in [3.8, 4) is 5.75 Å². The van der Waals surface area contributed by atoms with Crippen LogP contribution in [0.15, 0.2) is 29.4 Å². The van der Waals surface area contributed by atoms with E-state index in [2.05, 4.69) is 36.5 Å². The van der Waals surface area contributed by atoms with Crippen LogP contribution in [0.1, 0.15) is 55.3 Å². The largest absolute Gasteiger partial charge is 0.496 e. The minimum absolute atomic E-state index is 0.0234. The summed E-state index contributed by atoms with van der Waals surface area (Å²) in [5.74, 6) is 0.105. The molecule has 0 radical (unpaired) electrons. The van der Waals surface area contributed by atoms with Crippen molar-refractivity contribution < 1.29 is 14.3 Å². The number of carbonyl (C=O) groups is 1. The molecule has 7 heteroatoms. The van der Waals surface area contributed by atoms with Crippen molar-refractivity contribution in [2.24, 2.45) is 4.99 Å². The Morgan fingerprint density at radius 2 is 2.18 bits per heavy atom. The van der Waals surface area contributed by atoms with E-state index in [1.807, 2.05) is 0 Å². The van der Waals surface area contributed by atoms with Gasteiger partial charge in [0.15, 0.2) is 4.80 Å². The van der Waals surface area contributed by atoms with Gasteiger partial charge in [0.1, 0.15) is 5.75 Å². The second-order valence-corrected chi connectivity index (χ2v) is 9.48. The normalized spacial score (nSPS) is 18.3. The van der Waals surface area contributed by atoms with Gasteiger partial charge >= 0.3 is 0 Å². The summed E-state index contributed by atoms with van der Waals surface area (Å²) in [4.78, 5) is 19.2. The molecule has 152 valence electrons. The van der Waals surface area contributed by atoms with Crippen LogP contribution in [-0.2, 0) is 16.7 Å². The Kier molecular flexibility index (Phi) is 6.63. The lowest BCUT2D eigenvalue weighted by Gasteiger charge is -2.23. The van der Waals surface area contributed by atoms with Gasteiger partial charge in [-0.25, -0.2) is 0 Å². The van der Waals surface area contributed by atoms with Crippen LogP contribution in [0.3, 0.4) is 0 Å². The van der Waals surface area contributed by atoms with Crippen LogP contribution >= 0.6 is 22.9 Å². The van der Waals surface area contributed by atoms with Gasteiger partial charge in [-0.3, -0.25) is 4.79 Å². The maximum atomic E-state index is 12.9. The number of rotatable bonds is 4. The molecule has 1 unspecified atom stereocenters. The van der Waals surface area contributed by atoms with Gasteiger partial charge < -0.3 is 14.0 Å². The number of nitrogens with zero attached hydrogens (tertiary/aromatic N) is 2. The number of ether oxygens (including phenoxy) is 2. The fraction of sp³-hybridized carbons (Fsp3) is 0.524. The minimum Gasteiger partial charge on any atom is -0.496 e. The average Bonchev–Trinajstić information content (AvgIpc) is 3.05. The standard InChI is InChI=1S/C21H27ClN2O3S/c1-21(2,3)18-13-24(12-15-7-5-6-10-27-15)20(28-18)23-19(25)16-11-14(22)8-9-17(16)26-4/h8-9,11,13,15H,5-7,10,12H2,1-4H3/b23-20-. The fourth-order valence-corrected chi connectivity index (χ4v) is 4.34. The predicted octanol–water partition coefficient (Wildman–Crippen LogP) is 4.82. The molecule has 3 rings (SSSR count). The van der Waals surface area contributed by atoms with Crippen molar-refractivity contribution in [3.05, 3.63) is 44.7 Å². The minimum atomic E-state index is -0.361. The maximum Gasteiger partial charge on any atom is 0.283 e. The number of hydrogen-bond donors (Lipinski definition) is 0. The van der Waals surface area contributed by atoms with Gasteiger partial charge in [0, 0.05) is 22.7 Å². The molecule has 1 fully saturated rings. The highest BCUT2D eigenvalue weighted by atomic mass is 35.5. The van der Waals surface area contributed by atoms with E-state index in [1.54, 1.807) is 29.5 Å². The lowest BCUT2D eigenvalue weighted by Crippen LogP contribution is -2.28. The average molecular weight is 423 g/mol. The van der Waals surface area contributed by atoms with E-state index in [0.717, 1.165) is 19.4 Å². The van der Waals surface area contributed by atoms with E-state index in [1.165, 1.54) is 18.4 Å². The first-order valence-corrected chi connectivity index (χ1v) is 10.7. The molecule has 2 aromatic rings. The number of methoxy groups -OCH3 is 1. The van der Waals surface area contributed by atoms with Crippen LogP contribution in [0.5, 0.6) is 5.75 Å². The van der Waals surface area contributed by atoms with Crippen LogP contribution in [0, 0.1) is 0 Å². The van der Waals surface area contributed by atoms with Gasteiger partial charge in [-0.15, -0.1) is 11.3 Å². The van der Waals surface area contributed by atoms with Gasteiger partial charge in [0.2, 0.25) is 0 Å².